The first-order valence-corrected chi connectivity index (χ1v) is 8.54. The summed E-state index contributed by atoms with van der Waals surface area (Å²) in [6.07, 6.45) is 13.0. The lowest BCUT2D eigenvalue weighted by Crippen LogP contribution is -2.53. The van der Waals surface area contributed by atoms with Crippen molar-refractivity contribution in [3.05, 3.63) is 0 Å². The molecule has 0 aliphatic heterocycles. The van der Waals surface area contributed by atoms with Crippen molar-refractivity contribution in [1.82, 2.24) is 5.32 Å². The molecule has 0 aromatic rings. The van der Waals surface area contributed by atoms with E-state index < -0.39 is 0 Å². The van der Waals surface area contributed by atoms with Crippen LogP contribution in [0.4, 0.5) is 0 Å². The van der Waals surface area contributed by atoms with Gasteiger partial charge in [0.15, 0.2) is 0 Å². The number of hydrogen-bond donors (Lipinski definition) is 2. The van der Waals surface area contributed by atoms with E-state index in [4.69, 9.17) is 0 Å². The van der Waals surface area contributed by atoms with Gasteiger partial charge < -0.3 is 10.4 Å². The predicted molar refractivity (Wildman–Crippen MR) is 81.2 cm³/mol. The summed E-state index contributed by atoms with van der Waals surface area (Å²) in [5.41, 5.74) is 0.0334. The topological polar surface area (TPSA) is 32.3 Å². The first-order valence-electron chi connectivity index (χ1n) is 8.54. The van der Waals surface area contributed by atoms with Crippen LogP contribution in [0.25, 0.3) is 0 Å². The lowest BCUT2D eigenvalue weighted by Gasteiger charge is -2.38. The molecule has 0 aromatic carbocycles. The minimum absolute atomic E-state index is 0.0334. The molecule has 2 aliphatic carbocycles. The van der Waals surface area contributed by atoms with Crippen LogP contribution < -0.4 is 5.32 Å². The molecule has 2 unspecified atom stereocenters. The van der Waals surface area contributed by atoms with Crippen LogP contribution in [-0.2, 0) is 0 Å². The fourth-order valence-corrected chi connectivity index (χ4v) is 4.13. The van der Waals surface area contributed by atoms with Gasteiger partial charge in [-0.3, -0.25) is 0 Å². The Morgan fingerprint density at radius 3 is 2.37 bits per heavy atom. The molecule has 0 spiro atoms. The smallest absolute Gasteiger partial charge is 0.0613 e. The average Bonchev–Trinajstić information content (AvgIpc) is 2.63. The molecule has 2 fully saturated rings. The van der Waals surface area contributed by atoms with Crippen LogP contribution in [0.5, 0.6) is 0 Å². The SMILES string of the molecule is CC(C)C1CCCC(CO)(NC2CCCCC2)CC1. The van der Waals surface area contributed by atoms with Crippen molar-refractivity contribution in [2.75, 3.05) is 6.61 Å². The van der Waals surface area contributed by atoms with Crippen molar-refractivity contribution >= 4 is 0 Å². The summed E-state index contributed by atoms with van der Waals surface area (Å²) in [5, 5.41) is 13.8. The van der Waals surface area contributed by atoms with Gasteiger partial charge in [0, 0.05) is 11.6 Å². The third-order valence-electron chi connectivity index (χ3n) is 5.58. The second-order valence-corrected chi connectivity index (χ2v) is 7.35. The van der Waals surface area contributed by atoms with Crippen LogP contribution in [-0.4, -0.2) is 23.3 Å². The molecular weight excluding hydrogens is 234 g/mol. The number of rotatable bonds is 4. The van der Waals surface area contributed by atoms with Crippen LogP contribution in [0.1, 0.15) is 78.1 Å². The first kappa shape index (κ1) is 15.3. The highest BCUT2D eigenvalue weighted by Crippen LogP contribution is 2.35. The highest BCUT2D eigenvalue weighted by atomic mass is 16.3. The highest BCUT2D eigenvalue weighted by molar-refractivity contribution is 4.94. The zero-order valence-corrected chi connectivity index (χ0v) is 13.0. The molecule has 0 heterocycles. The maximum atomic E-state index is 9.96. The standard InChI is InChI=1S/C17H33NO/c1-14(2)15-7-6-11-17(13-19,12-10-15)18-16-8-4-3-5-9-16/h14-16,18-19H,3-13H2,1-2H3. The van der Waals surface area contributed by atoms with E-state index in [2.05, 4.69) is 19.2 Å². The Balaban J connectivity index is 1.93. The van der Waals surface area contributed by atoms with E-state index in [1.54, 1.807) is 0 Å². The van der Waals surface area contributed by atoms with Crippen molar-refractivity contribution in [2.45, 2.75) is 89.6 Å². The van der Waals surface area contributed by atoms with E-state index in [9.17, 15) is 5.11 Å². The molecule has 0 radical (unpaired) electrons. The summed E-state index contributed by atoms with van der Waals surface area (Å²) in [7, 11) is 0. The lowest BCUT2D eigenvalue weighted by atomic mass is 9.85. The molecule has 0 saturated heterocycles. The Morgan fingerprint density at radius 2 is 1.74 bits per heavy atom. The summed E-state index contributed by atoms with van der Waals surface area (Å²) in [5.74, 6) is 1.66. The van der Waals surface area contributed by atoms with Gasteiger partial charge in [-0.05, 0) is 43.9 Å². The van der Waals surface area contributed by atoms with Crippen molar-refractivity contribution in [3.63, 3.8) is 0 Å². The molecule has 2 aliphatic rings. The Hall–Kier alpha value is -0.0800. The van der Waals surface area contributed by atoms with E-state index in [1.807, 2.05) is 0 Å². The number of nitrogens with one attached hydrogen (secondary N) is 1. The number of aliphatic hydroxyl groups excluding tert-OH is 1. The van der Waals surface area contributed by atoms with Gasteiger partial charge in [0.05, 0.1) is 6.61 Å². The Labute approximate surface area is 119 Å². The Kier molecular flexibility index (Phi) is 5.70. The summed E-state index contributed by atoms with van der Waals surface area (Å²) < 4.78 is 0. The van der Waals surface area contributed by atoms with Gasteiger partial charge in [-0.2, -0.15) is 0 Å². The minimum atomic E-state index is 0.0334. The second-order valence-electron chi connectivity index (χ2n) is 7.35. The Morgan fingerprint density at radius 1 is 1.00 bits per heavy atom. The third kappa shape index (κ3) is 4.19. The number of hydrogen-bond acceptors (Lipinski definition) is 2. The average molecular weight is 267 g/mol. The zero-order chi connectivity index (χ0) is 13.7. The second kappa shape index (κ2) is 7.08. The summed E-state index contributed by atoms with van der Waals surface area (Å²) in [6, 6.07) is 0.663. The quantitative estimate of drug-likeness (QED) is 0.758. The van der Waals surface area contributed by atoms with Crippen LogP contribution in [0, 0.1) is 11.8 Å². The molecule has 19 heavy (non-hydrogen) atoms. The van der Waals surface area contributed by atoms with E-state index in [1.165, 1.54) is 64.2 Å². The van der Waals surface area contributed by atoms with Gasteiger partial charge in [0.25, 0.3) is 0 Å². The first-order chi connectivity index (χ1) is 9.15. The number of aliphatic hydroxyl groups is 1. The van der Waals surface area contributed by atoms with Crippen LogP contribution in [0.3, 0.4) is 0 Å². The van der Waals surface area contributed by atoms with Gasteiger partial charge in [0.2, 0.25) is 0 Å². The molecule has 2 nitrogen and oxygen atoms in total. The van der Waals surface area contributed by atoms with Gasteiger partial charge in [0.1, 0.15) is 0 Å². The van der Waals surface area contributed by atoms with Crippen LogP contribution in [0.15, 0.2) is 0 Å². The molecule has 2 atom stereocenters. The molecule has 2 N–H and O–H groups in total. The van der Waals surface area contributed by atoms with Crippen LogP contribution in [0.2, 0.25) is 0 Å². The van der Waals surface area contributed by atoms with E-state index in [0.717, 1.165) is 11.8 Å². The lowest BCUT2D eigenvalue weighted by molar-refractivity contribution is 0.120. The normalized spacial score (nSPS) is 34.4. The summed E-state index contributed by atoms with van der Waals surface area (Å²) in [4.78, 5) is 0. The van der Waals surface area contributed by atoms with Crippen molar-refractivity contribution < 1.29 is 5.11 Å². The van der Waals surface area contributed by atoms with E-state index in [-0.39, 0.29) is 5.54 Å². The predicted octanol–water partition coefficient (Wildman–Crippen LogP) is 3.88. The minimum Gasteiger partial charge on any atom is -0.394 e. The highest BCUT2D eigenvalue weighted by Gasteiger charge is 2.35. The molecule has 112 valence electrons. The molecular formula is C17H33NO. The van der Waals surface area contributed by atoms with E-state index >= 15 is 0 Å². The zero-order valence-electron chi connectivity index (χ0n) is 13.0. The summed E-state index contributed by atoms with van der Waals surface area (Å²) in [6.45, 7) is 5.03. The summed E-state index contributed by atoms with van der Waals surface area (Å²) >= 11 is 0. The van der Waals surface area contributed by atoms with Crippen LogP contribution >= 0.6 is 0 Å². The Bertz CT molecular complexity index is 260. The van der Waals surface area contributed by atoms with Gasteiger partial charge in [-0.15, -0.1) is 0 Å². The molecule has 2 rings (SSSR count). The van der Waals surface area contributed by atoms with Crippen molar-refractivity contribution in [1.29, 1.82) is 0 Å². The molecule has 0 bridgehead atoms. The molecule has 2 saturated carbocycles. The fraction of sp³-hybridized carbons (Fsp3) is 1.00. The molecule has 2 heteroatoms. The molecule has 0 aromatic heterocycles. The van der Waals surface area contributed by atoms with Gasteiger partial charge in [-0.25, -0.2) is 0 Å². The van der Waals surface area contributed by atoms with Crippen molar-refractivity contribution in [3.8, 4) is 0 Å². The monoisotopic (exact) mass is 267 g/mol. The van der Waals surface area contributed by atoms with E-state index in [0.29, 0.717) is 12.6 Å². The molecule has 0 amide bonds. The fourth-order valence-electron chi connectivity index (χ4n) is 4.13. The van der Waals surface area contributed by atoms with Gasteiger partial charge in [-0.1, -0.05) is 46.0 Å². The maximum Gasteiger partial charge on any atom is 0.0613 e. The maximum absolute atomic E-state index is 9.96. The van der Waals surface area contributed by atoms with Gasteiger partial charge >= 0.3 is 0 Å². The third-order valence-corrected chi connectivity index (χ3v) is 5.58. The van der Waals surface area contributed by atoms with Crippen molar-refractivity contribution in [2.24, 2.45) is 11.8 Å². The largest absolute Gasteiger partial charge is 0.394 e.